The summed E-state index contributed by atoms with van der Waals surface area (Å²) in [4.78, 5) is 4.86. The molecule has 18 nitrogen and oxygen atoms in total. The van der Waals surface area contributed by atoms with E-state index in [1.54, 1.807) is 85.1 Å². The van der Waals surface area contributed by atoms with Gasteiger partial charge >= 0.3 is 0 Å². The number of hydrogen-bond acceptors (Lipinski definition) is 16. The number of sulfone groups is 1. The lowest BCUT2D eigenvalue weighted by molar-refractivity contribution is 0.494. The van der Waals surface area contributed by atoms with Crippen LogP contribution in [0.3, 0.4) is 0 Å². The third kappa shape index (κ3) is 29.5. The zero-order chi connectivity index (χ0) is 96.3. The molecule has 0 aliphatic carbocycles. The average molecular weight is 1850 g/mol. The number of nitrogens with one attached hydrogen (secondary N) is 1. The molecular weight excluding hydrogens is 1730 g/mol. The van der Waals surface area contributed by atoms with Crippen LogP contribution in [0.2, 0.25) is 0 Å². The Balaban J connectivity index is 0.000000170. The summed E-state index contributed by atoms with van der Waals surface area (Å²) >= 11 is 0. The molecule has 1 N–H and O–H groups in total. The molecule has 16 rings (SSSR count). The van der Waals surface area contributed by atoms with Gasteiger partial charge in [-0.25, -0.2) is 47.5 Å². The van der Waals surface area contributed by atoms with Crippen LogP contribution in [-0.4, -0.2) is 61.9 Å². The number of halogens is 3. The Morgan fingerprint density at radius 1 is 0.311 bits per heavy atom. The van der Waals surface area contributed by atoms with Gasteiger partial charge in [0, 0.05) is 125 Å². The monoisotopic (exact) mass is 1850 g/mol. The largest absolute Gasteiger partial charge is 0.461 e. The topological polar surface area (TPSA) is 259 Å². The van der Waals surface area contributed by atoms with Gasteiger partial charge in [0.05, 0.1) is 26.3 Å². The van der Waals surface area contributed by atoms with Crippen molar-refractivity contribution in [2.24, 2.45) is 0 Å². The van der Waals surface area contributed by atoms with E-state index in [1.165, 1.54) is 49.9 Å². The van der Waals surface area contributed by atoms with Crippen LogP contribution in [0.25, 0.3) is 90.6 Å². The fourth-order valence-corrected chi connectivity index (χ4v) is 14.9. The van der Waals surface area contributed by atoms with Crippen LogP contribution in [0.4, 0.5) is 13.2 Å². The van der Waals surface area contributed by atoms with Crippen molar-refractivity contribution < 1.29 is 73.8 Å². The van der Waals surface area contributed by atoms with Gasteiger partial charge in [-0.15, -0.1) is 0 Å². The SMILES string of the molecule is CC(C)c1ccc(-c2ccc(C#N)cc2)o1.CC(C)c1ccc(-c2ccc(F)c(F)c2)o1.CC(C)c1ccc(-c2cccc(F)c2)o1.CC(C)c1ccc(-c2cccc(S(=O)(=O)N(C)C)c2)o1.CC(C)c1ccc(-c2cccc(S(C)(=O)=O)c2)o1.CC(C)c1ccc(-c2ccccc2)o1.CC(C)c1ccc(-c2cccnc2)o1.CNS(=O)(=O)c1cccc(-c2ccc(C(C)C)o2)c1. The van der Waals surface area contributed by atoms with E-state index in [4.69, 9.17) is 40.6 Å². The molecule has 24 heteroatoms. The molecule has 0 bridgehead atoms. The first-order valence-electron chi connectivity index (χ1n) is 43.5. The van der Waals surface area contributed by atoms with Crippen LogP contribution in [0, 0.1) is 28.8 Å². The number of pyridine rings is 1. The summed E-state index contributed by atoms with van der Waals surface area (Å²) in [6.45, 7) is 33.1. The Morgan fingerprint density at radius 2 is 0.598 bits per heavy atom. The van der Waals surface area contributed by atoms with Crippen molar-refractivity contribution in [3.8, 4) is 96.7 Å². The molecule has 0 radical (unpaired) electrons. The number of nitrogens with zero attached hydrogens (tertiary/aromatic N) is 3. The number of sulfonamides is 2. The van der Waals surface area contributed by atoms with Gasteiger partial charge in [-0.3, -0.25) is 4.98 Å². The molecule has 0 aliphatic rings. The molecule has 0 unspecified atom stereocenters. The molecule has 16 aromatic rings. The molecule has 0 atom stereocenters. The number of hydrogen-bond donors (Lipinski definition) is 1. The summed E-state index contributed by atoms with van der Waals surface area (Å²) in [7, 11) is -5.61. The van der Waals surface area contributed by atoms with Crippen molar-refractivity contribution in [2.75, 3.05) is 27.4 Å². The fraction of sp³-hybridized carbons (Fsp3) is 0.259. The van der Waals surface area contributed by atoms with Gasteiger partial charge in [0.1, 0.15) is 98.0 Å². The third-order valence-electron chi connectivity index (χ3n) is 20.3. The highest BCUT2D eigenvalue weighted by atomic mass is 32.2. The van der Waals surface area contributed by atoms with Crippen LogP contribution in [0.15, 0.2) is 341 Å². The summed E-state index contributed by atoms with van der Waals surface area (Å²) < 4.78 is 158. The van der Waals surface area contributed by atoms with Crippen molar-refractivity contribution in [1.29, 1.82) is 5.26 Å². The summed E-state index contributed by atoms with van der Waals surface area (Å²) in [5, 5.41) is 8.70. The summed E-state index contributed by atoms with van der Waals surface area (Å²) in [6.07, 6.45) is 4.77. The molecule has 132 heavy (non-hydrogen) atoms. The second-order valence-electron chi connectivity index (χ2n) is 33.6. The second kappa shape index (κ2) is 47.7. The van der Waals surface area contributed by atoms with E-state index in [0.717, 1.165) is 120 Å². The Kier molecular flexibility index (Phi) is 37.1. The molecule has 0 spiro atoms. The fourth-order valence-electron chi connectivity index (χ4n) is 12.5. The molecule has 0 saturated heterocycles. The minimum atomic E-state index is -3.43. The molecule has 0 aliphatic heterocycles. The van der Waals surface area contributed by atoms with Crippen LogP contribution in [-0.2, 0) is 29.9 Å². The van der Waals surface area contributed by atoms with Gasteiger partial charge in [0.25, 0.3) is 0 Å². The van der Waals surface area contributed by atoms with Gasteiger partial charge in [-0.05, 0) is 207 Å². The van der Waals surface area contributed by atoms with Crippen molar-refractivity contribution in [2.45, 2.75) is 173 Å². The van der Waals surface area contributed by atoms with Crippen LogP contribution < -0.4 is 4.72 Å². The van der Waals surface area contributed by atoms with Gasteiger partial charge in [0.15, 0.2) is 21.5 Å². The van der Waals surface area contributed by atoms with Crippen molar-refractivity contribution in [3.63, 3.8) is 0 Å². The standard InChI is InChI=1S/C15H19NO3S.C14H17NO3S.C14H13NO.C14H16O3S.C13H12F2O.C13H13FO.C13H14O.C12H13NO/c1-11(2)14-8-9-15(19-14)12-6-5-7-13(10-12)20(17,18)16(3)4;1-10(2)13-7-8-14(18-13)11-5-4-6-12(9-11)19(16,17)15-3;1-10(2)13-7-8-14(16-13)12-5-3-11(9-15)4-6-12;1-10(2)13-7-8-14(17-13)11-5-4-6-12(9-11)18(3,15)16;1-8(2)12-5-6-13(16-12)9-3-4-10(14)11(15)7-9;1-9(2)12-6-7-13(15-12)10-4-3-5-11(14)8-10;1-10(2)12-8-9-13(14-12)11-6-4-3-5-7-11;1-9(2)11-5-6-12(14-11)10-4-3-7-13-8-10/h5-11H,1-4H3;4-10,15H,1-3H3;3-8,10H,1-2H3;4-10H,1-3H3;3-8H,1-2H3;3-9H,1-2H3;3-10H,1-2H3;3-9H,1-2H3. The van der Waals surface area contributed by atoms with E-state index in [9.17, 15) is 38.4 Å². The first-order valence-corrected chi connectivity index (χ1v) is 48.3. The average Bonchev–Trinajstić information content (AvgIpc) is 1.72. The van der Waals surface area contributed by atoms with Gasteiger partial charge in [-0.2, -0.15) is 5.26 Å². The lowest BCUT2D eigenvalue weighted by atomic mass is 10.1. The molecule has 0 fully saturated rings. The maximum Gasteiger partial charge on any atom is 0.242 e. The third-order valence-corrected chi connectivity index (χ3v) is 24.7. The zero-order valence-electron chi connectivity index (χ0n) is 78.2. The Bertz CT molecular complexity index is 6630. The van der Waals surface area contributed by atoms with E-state index in [1.807, 2.05) is 192 Å². The lowest BCUT2D eigenvalue weighted by Crippen LogP contribution is -2.22. The number of rotatable bonds is 21. The number of furan rings is 8. The van der Waals surface area contributed by atoms with E-state index < -0.39 is 41.5 Å². The molecular formula is C108H117F3N4O14S3. The quantitative estimate of drug-likeness (QED) is 0.0701. The number of benzene rings is 7. The predicted molar refractivity (Wildman–Crippen MR) is 518 cm³/mol. The van der Waals surface area contributed by atoms with Crippen molar-refractivity contribution >= 4 is 29.9 Å². The van der Waals surface area contributed by atoms with E-state index >= 15 is 0 Å². The minimum Gasteiger partial charge on any atom is -0.461 e. The van der Waals surface area contributed by atoms with Crippen LogP contribution in [0.5, 0.6) is 0 Å². The first-order chi connectivity index (χ1) is 62.6. The molecule has 7 aromatic carbocycles. The highest BCUT2D eigenvalue weighted by Crippen LogP contribution is 2.36. The zero-order valence-corrected chi connectivity index (χ0v) is 80.7. The van der Waals surface area contributed by atoms with E-state index in [-0.39, 0.29) is 21.5 Å². The van der Waals surface area contributed by atoms with Crippen molar-refractivity contribution in [3.05, 3.63) is 361 Å². The first kappa shape index (κ1) is 103. The molecule has 9 aromatic heterocycles. The van der Waals surface area contributed by atoms with Gasteiger partial charge in [-0.1, -0.05) is 190 Å². The van der Waals surface area contributed by atoms with E-state index in [0.29, 0.717) is 80.5 Å². The second-order valence-corrected chi connectivity index (χ2v) is 39.7. The summed E-state index contributed by atoms with van der Waals surface area (Å²) in [6, 6.07) is 84.9. The number of nitriles is 1. The number of aromatic nitrogens is 1. The Morgan fingerprint density at radius 3 is 0.909 bits per heavy atom. The van der Waals surface area contributed by atoms with Gasteiger partial charge < -0.3 is 35.3 Å². The smallest absolute Gasteiger partial charge is 0.242 e. The van der Waals surface area contributed by atoms with Crippen LogP contribution >= 0.6 is 0 Å². The Hall–Kier alpha value is -13.0. The molecule has 0 amide bonds. The summed E-state index contributed by atoms with van der Waals surface area (Å²) in [5.74, 6) is 14.4. The molecule has 9 heterocycles. The van der Waals surface area contributed by atoms with Crippen LogP contribution in [0.1, 0.15) is 210 Å². The Labute approximate surface area is 775 Å². The maximum absolute atomic E-state index is 13.0. The predicted octanol–water partition coefficient (Wildman–Crippen LogP) is 29.8. The minimum absolute atomic E-state index is 0.231. The lowest BCUT2D eigenvalue weighted by Gasteiger charge is -2.11. The summed E-state index contributed by atoms with van der Waals surface area (Å²) in [5.41, 5.74) is 7.46. The normalized spacial score (nSPS) is 11.4. The van der Waals surface area contributed by atoms with E-state index in [2.05, 4.69) is 111 Å². The maximum atomic E-state index is 13.0. The highest BCUT2D eigenvalue weighted by molar-refractivity contribution is 7.90. The molecule has 0 saturated carbocycles. The van der Waals surface area contributed by atoms with Gasteiger partial charge in [0.2, 0.25) is 20.0 Å². The highest BCUT2D eigenvalue weighted by Gasteiger charge is 2.22. The molecule has 692 valence electrons. The van der Waals surface area contributed by atoms with Crippen molar-refractivity contribution in [1.82, 2.24) is 14.0 Å².